The van der Waals surface area contributed by atoms with Crippen LogP contribution >= 0.6 is 0 Å². The van der Waals surface area contributed by atoms with Gasteiger partial charge in [-0.3, -0.25) is 4.79 Å². The quantitative estimate of drug-likeness (QED) is 0.812. The fraction of sp³-hybridized carbons (Fsp3) is 0.786. The van der Waals surface area contributed by atoms with Crippen molar-refractivity contribution < 1.29 is 13.7 Å². The molecule has 110 valence electrons. The number of allylic oxidation sites excluding steroid dienone is 1. The molecule has 1 rings (SSSR count). The molecular formula is C14H25NO3S. The number of hydrogen-bond acceptors (Lipinski definition) is 3. The largest absolute Gasteiger partial charge is 0.459 e. The van der Waals surface area contributed by atoms with Gasteiger partial charge in [0.1, 0.15) is 16.6 Å². The van der Waals surface area contributed by atoms with Gasteiger partial charge in [-0.15, -0.1) is 0 Å². The number of nitrogens with one attached hydrogen (secondary N) is 1. The van der Waals surface area contributed by atoms with Crippen LogP contribution in [0.15, 0.2) is 11.3 Å². The minimum absolute atomic E-state index is 0.163. The van der Waals surface area contributed by atoms with Crippen LogP contribution in [0.25, 0.3) is 0 Å². The Hall–Kier alpha value is -0.840. The number of hydrogen-bond donors (Lipinski definition) is 1. The summed E-state index contributed by atoms with van der Waals surface area (Å²) in [6.07, 6.45) is 0.703. The standard InChI is InChI=1S/C14H25NO3S/c1-9(15-19(17)14(5,6)7)10-8-11(10)12(16)18-13(2,3)4/h11,15H,8H2,1-7H3/t11-,19-/m1/s1. The van der Waals surface area contributed by atoms with Gasteiger partial charge in [-0.1, -0.05) is 0 Å². The van der Waals surface area contributed by atoms with E-state index < -0.39 is 16.6 Å². The summed E-state index contributed by atoms with van der Waals surface area (Å²) in [4.78, 5) is 11.9. The van der Waals surface area contributed by atoms with E-state index in [0.29, 0.717) is 6.42 Å². The van der Waals surface area contributed by atoms with Crippen molar-refractivity contribution in [2.75, 3.05) is 0 Å². The summed E-state index contributed by atoms with van der Waals surface area (Å²) in [7, 11) is -1.16. The van der Waals surface area contributed by atoms with Crippen molar-refractivity contribution in [1.82, 2.24) is 4.72 Å². The second kappa shape index (κ2) is 5.27. The molecule has 1 fully saturated rings. The molecule has 1 saturated carbocycles. The SMILES string of the molecule is CC(N[S@](=O)C(C)(C)C)=C1C[C@H]1C(=O)OC(C)(C)C. The van der Waals surface area contributed by atoms with Gasteiger partial charge < -0.3 is 9.46 Å². The lowest BCUT2D eigenvalue weighted by molar-refractivity contribution is -0.155. The zero-order valence-electron chi connectivity index (χ0n) is 12.9. The van der Waals surface area contributed by atoms with Crippen molar-refractivity contribution in [3.8, 4) is 0 Å². The number of esters is 1. The Kier molecular flexibility index (Phi) is 4.50. The highest BCUT2D eigenvalue weighted by Crippen LogP contribution is 2.41. The van der Waals surface area contributed by atoms with E-state index in [1.807, 2.05) is 48.5 Å². The minimum Gasteiger partial charge on any atom is -0.459 e. The Labute approximate surface area is 118 Å². The molecule has 4 nitrogen and oxygen atoms in total. The van der Waals surface area contributed by atoms with Gasteiger partial charge in [0.2, 0.25) is 0 Å². The van der Waals surface area contributed by atoms with Gasteiger partial charge in [-0.25, -0.2) is 4.21 Å². The predicted molar refractivity (Wildman–Crippen MR) is 77.7 cm³/mol. The normalized spacial score (nSPS) is 23.6. The van der Waals surface area contributed by atoms with Gasteiger partial charge in [0, 0.05) is 5.70 Å². The summed E-state index contributed by atoms with van der Waals surface area (Å²) in [5.41, 5.74) is 1.39. The summed E-state index contributed by atoms with van der Waals surface area (Å²) in [6.45, 7) is 13.2. The maximum absolute atomic E-state index is 12.0. The molecular weight excluding hydrogens is 262 g/mol. The second-order valence-electron chi connectivity index (χ2n) is 6.92. The molecule has 0 aromatic carbocycles. The van der Waals surface area contributed by atoms with Crippen LogP contribution in [-0.4, -0.2) is 20.5 Å². The first-order valence-corrected chi connectivity index (χ1v) is 7.68. The Morgan fingerprint density at radius 3 is 2.21 bits per heavy atom. The van der Waals surface area contributed by atoms with E-state index >= 15 is 0 Å². The molecule has 5 heteroatoms. The molecule has 0 aliphatic heterocycles. The van der Waals surface area contributed by atoms with E-state index in [1.54, 1.807) is 0 Å². The zero-order chi connectivity index (χ0) is 15.0. The maximum atomic E-state index is 12.0. The molecule has 0 aromatic heterocycles. The molecule has 1 N–H and O–H groups in total. The molecule has 0 radical (unpaired) electrons. The van der Waals surface area contributed by atoms with Crippen LogP contribution in [0, 0.1) is 5.92 Å². The van der Waals surface area contributed by atoms with Crippen LogP contribution in [0.2, 0.25) is 0 Å². The van der Waals surface area contributed by atoms with Crippen LogP contribution in [0.3, 0.4) is 0 Å². The van der Waals surface area contributed by atoms with Crippen molar-refractivity contribution in [3.05, 3.63) is 11.3 Å². The molecule has 2 atom stereocenters. The van der Waals surface area contributed by atoms with E-state index in [4.69, 9.17) is 4.74 Å². The van der Waals surface area contributed by atoms with Gasteiger partial charge in [-0.05, 0) is 60.5 Å². The monoisotopic (exact) mass is 287 g/mol. The number of carbonyl (C=O) groups is 1. The Bertz CT molecular complexity index is 427. The fourth-order valence-corrected chi connectivity index (χ4v) is 2.25. The smallest absolute Gasteiger partial charge is 0.313 e. The Balaban J connectivity index is 2.62. The van der Waals surface area contributed by atoms with Crippen LogP contribution in [0.1, 0.15) is 54.9 Å². The molecule has 0 unspecified atom stereocenters. The second-order valence-corrected chi connectivity index (χ2v) is 8.89. The third kappa shape index (κ3) is 4.97. The lowest BCUT2D eigenvalue weighted by atomic mass is 10.2. The van der Waals surface area contributed by atoms with Crippen molar-refractivity contribution in [2.45, 2.75) is 65.2 Å². The summed E-state index contributed by atoms with van der Waals surface area (Å²) < 4.78 is 20.0. The van der Waals surface area contributed by atoms with E-state index in [-0.39, 0.29) is 16.6 Å². The molecule has 0 heterocycles. The van der Waals surface area contributed by atoms with E-state index in [1.165, 1.54) is 0 Å². The summed E-state index contributed by atoms with van der Waals surface area (Å²) in [5.74, 6) is -0.353. The molecule has 1 aliphatic carbocycles. The number of ether oxygens (including phenoxy) is 1. The van der Waals surface area contributed by atoms with Crippen molar-refractivity contribution >= 4 is 17.0 Å². The van der Waals surface area contributed by atoms with Crippen LogP contribution in [0.5, 0.6) is 0 Å². The van der Waals surface area contributed by atoms with Gasteiger partial charge in [0.15, 0.2) is 0 Å². The first-order valence-electron chi connectivity index (χ1n) is 6.53. The van der Waals surface area contributed by atoms with Gasteiger partial charge in [0.05, 0.1) is 10.7 Å². The third-order valence-corrected chi connectivity index (χ3v) is 4.26. The van der Waals surface area contributed by atoms with Crippen LogP contribution in [-0.2, 0) is 20.5 Å². The molecule has 0 aromatic rings. The third-order valence-electron chi connectivity index (χ3n) is 2.66. The fourth-order valence-electron chi connectivity index (χ4n) is 1.53. The maximum Gasteiger partial charge on any atom is 0.313 e. The highest BCUT2D eigenvalue weighted by Gasteiger charge is 2.41. The van der Waals surface area contributed by atoms with Gasteiger partial charge in [-0.2, -0.15) is 0 Å². The zero-order valence-corrected chi connectivity index (χ0v) is 13.7. The number of carbonyl (C=O) groups excluding carboxylic acids is 1. The van der Waals surface area contributed by atoms with Crippen molar-refractivity contribution in [3.63, 3.8) is 0 Å². The Morgan fingerprint density at radius 2 is 1.79 bits per heavy atom. The van der Waals surface area contributed by atoms with E-state index in [9.17, 15) is 9.00 Å². The van der Waals surface area contributed by atoms with Crippen LogP contribution < -0.4 is 4.72 Å². The minimum atomic E-state index is -1.16. The average molecular weight is 287 g/mol. The molecule has 0 spiro atoms. The van der Waals surface area contributed by atoms with Crippen LogP contribution in [0.4, 0.5) is 0 Å². The molecule has 0 amide bonds. The Morgan fingerprint density at radius 1 is 1.26 bits per heavy atom. The first-order chi connectivity index (χ1) is 8.42. The lowest BCUT2D eigenvalue weighted by Crippen LogP contribution is -2.32. The van der Waals surface area contributed by atoms with E-state index in [2.05, 4.69) is 4.72 Å². The van der Waals surface area contributed by atoms with Gasteiger partial charge in [0.25, 0.3) is 0 Å². The highest BCUT2D eigenvalue weighted by molar-refractivity contribution is 7.84. The number of rotatable bonds is 3. The predicted octanol–water partition coefficient (Wildman–Crippen LogP) is 2.67. The lowest BCUT2D eigenvalue weighted by Gasteiger charge is -2.20. The van der Waals surface area contributed by atoms with E-state index in [0.717, 1.165) is 11.3 Å². The highest BCUT2D eigenvalue weighted by atomic mass is 32.2. The topological polar surface area (TPSA) is 55.4 Å². The molecule has 1 aliphatic rings. The molecule has 19 heavy (non-hydrogen) atoms. The summed E-state index contributed by atoms with van der Waals surface area (Å²) >= 11 is 0. The van der Waals surface area contributed by atoms with Gasteiger partial charge >= 0.3 is 5.97 Å². The first kappa shape index (κ1) is 16.2. The average Bonchev–Trinajstić information content (AvgIpc) is 2.91. The molecule has 0 saturated heterocycles. The van der Waals surface area contributed by atoms with Crippen molar-refractivity contribution in [1.29, 1.82) is 0 Å². The molecule has 0 bridgehead atoms. The summed E-state index contributed by atoms with van der Waals surface area (Å²) in [5, 5.41) is 0. The summed E-state index contributed by atoms with van der Waals surface area (Å²) in [6, 6.07) is 0. The van der Waals surface area contributed by atoms with Crippen molar-refractivity contribution in [2.24, 2.45) is 5.92 Å².